The molecule has 0 radical (unpaired) electrons. The van der Waals surface area contributed by atoms with Crippen LogP contribution in [0, 0.1) is 5.92 Å². The molecule has 2 unspecified atom stereocenters. The number of aliphatic hydroxyl groups is 1. The number of hydrogen-bond acceptors (Lipinski definition) is 2. The van der Waals surface area contributed by atoms with E-state index in [4.69, 9.17) is 0 Å². The maximum absolute atomic E-state index is 10.1. The van der Waals surface area contributed by atoms with Crippen LogP contribution in [0.25, 0.3) is 0 Å². The Bertz CT molecular complexity index is 332. The smallest absolute Gasteiger partial charge is 0.0741 e. The quantitative estimate of drug-likeness (QED) is 0.775. The van der Waals surface area contributed by atoms with Crippen LogP contribution in [0.4, 0.5) is 0 Å². The van der Waals surface area contributed by atoms with Crippen LogP contribution in [0.1, 0.15) is 52.1 Å². The Morgan fingerprint density at radius 3 is 2.33 bits per heavy atom. The van der Waals surface area contributed by atoms with E-state index >= 15 is 0 Å². The van der Waals surface area contributed by atoms with E-state index < -0.39 is 5.60 Å². The van der Waals surface area contributed by atoms with Crippen molar-refractivity contribution in [3.63, 3.8) is 0 Å². The monoisotopic (exact) mass is 249 g/mol. The fourth-order valence-electron chi connectivity index (χ4n) is 1.96. The molecule has 1 rings (SSSR count). The number of nitrogens with one attached hydrogen (secondary N) is 1. The van der Waals surface area contributed by atoms with Gasteiger partial charge in [0, 0.05) is 12.6 Å². The van der Waals surface area contributed by atoms with Gasteiger partial charge in [-0.05, 0) is 31.2 Å². The van der Waals surface area contributed by atoms with Crippen LogP contribution in [0.3, 0.4) is 0 Å². The predicted molar refractivity (Wildman–Crippen MR) is 77.6 cm³/mol. The zero-order valence-electron chi connectivity index (χ0n) is 12.1. The second-order valence-electron chi connectivity index (χ2n) is 5.82. The second kappa shape index (κ2) is 6.91. The summed E-state index contributed by atoms with van der Waals surface area (Å²) in [5, 5.41) is 13.6. The summed E-state index contributed by atoms with van der Waals surface area (Å²) in [6.45, 7) is 9.00. The minimum atomic E-state index is -0.621. The lowest BCUT2D eigenvalue weighted by Crippen LogP contribution is -2.39. The molecule has 18 heavy (non-hydrogen) atoms. The second-order valence-corrected chi connectivity index (χ2v) is 5.82. The first-order valence-electron chi connectivity index (χ1n) is 6.95. The highest BCUT2D eigenvalue weighted by atomic mass is 16.3. The van der Waals surface area contributed by atoms with Crippen LogP contribution >= 0.6 is 0 Å². The van der Waals surface area contributed by atoms with Gasteiger partial charge >= 0.3 is 0 Å². The van der Waals surface area contributed by atoms with E-state index in [0.717, 1.165) is 12.8 Å². The van der Waals surface area contributed by atoms with Crippen molar-refractivity contribution >= 4 is 0 Å². The molecule has 0 saturated heterocycles. The van der Waals surface area contributed by atoms with Crippen molar-refractivity contribution in [2.24, 2.45) is 5.92 Å². The summed E-state index contributed by atoms with van der Waals surface area (Å²) in [6.07, 6.45) is 1.85. The molecule has 1 aromatic rings. The first-order chi connectivity index (χ1) is 8.44. The largest absolute Gasteiger partial charge is 0.389 e. The zero-order chi connectivity index (χ0) is 13.6. The molecular weight excluding hydrogens is 222 g/mol. The summed E-state index contributed by atoms with van der Waals surface area (Å²) < 4.78 is 0. The van der Waals surface area contributed by atoms with Crippen molar-refractivity contribution in [3.05, 3.63) is 35.9 Å². The Hall–Kier alpha value is -0.860. The van der Waals surface area contributed by atoms with E-state index in [0.29, 0.717) is 18.5 Å². The number of benzene rings is 1. The molecular formula is C16H27NO. The Morgan fingerprint density at radius 1 is 1.22 bits per heavy atom. The van der Waals surface area contributed by atoms with Crippen molar-refractivity contribution in [1.29, 1.82) is 0 Å². The predicted octanol–water partition coefficient (Wildman–Crippen LogP) is 3.52. The highest BCUT2D eigenvalue weighted by molar-refractivity contribution is 5.19. The lowest BCUT2D eigenvalue weighted by atomic mass is 9.95. The average Bonchev–Trinajstić information content (AvgIpc) is 2.35. The number of hydrogen-bond donors (Lipinski definition) is 2. The zero-order valence-corrected chi connectivity index (χ0v) is 12.1. The van der Waals surface area contributed by atoms with Gasteiger partial charge in [-0.25, -0.2) is 0 Å². The molecule has 2 N–H and O–H groups in total. The molecule has 0 bridgehead atoms. The summed E-state index contributed by atoms with van der Waals surface area (Å²) >= 11 is 0. The lowest BCUT2D eigenvalue weighted by molar-refractivity contribution is 0.0520. The normalized spacial score (nSPS) is 16.6. The standard InChI is InChI=1S/C16H27NO/c1-5-16(4,18)12-17-15(11-13(2)3)14-9-7-6-8-10-14/h6-10,13,15,17-18H,5,11-12H2,1-4H3. The van der Waals surface area contributed by atoms with Crippen molar-refractivity contribution in [1.82, 2.24) is 5.32 Å². The van der Waals surface area contributed by atoms with Crippen LogP contribution in [0.15, 0.2) is 30.3 Å². The molecule has 0 aliphatic heterocycles. The van der Waals surface area contributed by atoms with Gasteiger partial charge in [-0.2, -0.15) is 0 Å². The topological polar surface area (TPSA) is 32.3 Å². The highest BCUT2D eigenvalue weighted by Gasteiger charge is 2.20. The Balaban J connectivity index is 2.68. The molecule has 2 heteroatoms. The molecule has 102 valence electrons. The van der Waals surface area contributed by atoms with Crippen LogP contribution in [-0.2, 0) is 0 Å². The Morgan fingerprint density at radius 2 is 1.83 bits per heavy atom. The van der Waals surface area contributed by atoms with Crippen LogP contribution in [0.2, 0.25) is 0 Å². The molecule has 0 aliphatic carbocycles. The van der Waals surface area contributed by atoms with Crippen LogP contribution in [-0.4, -0.2) is 17.3 Å². The molecule has 0 spiro atoms. The van der Waals surface area contributed by atoms with Crippen molar-refractivity contribution in [2.75, 3.05) is 6.54 Å². The summed E-state index contributed by atoms with van der Waals surface area (Å²) in [6, 6.07) is 10.8. The molecule has 0 aliphatic rings. The van der Waals surface area contributed by atoms with Gasteiger partial charge in [0.2, 0.25) is 0 Å². The first-order valence-corrected chi connectivity index (χ1v) is 6.95. The fourth-order valence-corrected chi connectivity index (χ4v) is 1.96. The third kappa shape index (κ3) is 5.19. The molecule has 0 heterocycles. The van der Waals surface area contributed by atoms with Gasteiger partial charge in [-0.1, -0.05) is 51.1 Å². The third-order valence-electron chi connectivity index (χ3n) is 3.40. The van der Waals surface area contributed by atoms with Crippen molar-refractivity contribution < 1.29 is 5.11 Å². The maximum atomic E-state index is 10.1. The highest BCUT2D eigenvalue weighted by Crippen LogP contribution is 2.22. The minimum Gasteiger partial charge on any atom is -0.389 e. The van der Waals surface area contributed by atoms with Gasteiger partial charge in [-0.15, -0.1) is 0 Å². The van der Waals surface area contributed by atoms with Crippen LogP contribution in [0.5, 0.6) is 0 Å². The van der Waals surface area contributed by atoms with E-state index in [1.165, 1.54) is 5.56 Å². The van der Waals surface area contributed by atoms with Gasteiger partial charge in [0.1, 0.15) is 0 Å². The Labute approximate surface area is 111 Å². The SMILES string of the molecule is CCC(C)(O)CNC(CC(C)C)c1ccccc1. The fraction of sp³-hybridized carbons (Fsp3) is 0.625. The van der Waals surface area contributed by atoms with Gasteiger partial charge in [0.05, 0.1) is 5.60 Å². The van der Waals surface area contributed by atoms with Gasteiger partial charge in [-0.3, -0.25) is 0 Å². The first kappa shape index (κ1) is 15.2. The molecule has 2 nitrogen and oxygen atoms in total. The summed E-state index contributed by atoms with van der Waals surface area (Å²) in [5.41, 5.74) is 0.683. The molecule has 0 amide bonds. The van der Waals surface area contributed by atoms with E-state index in [2.05, 4.69) is 43.4 Å². The third-order valence-corrected chi connectivity index (χ3v) is 3.40. The van der Waals surface area contributed by atoms with Crippen molar-refractivity contribution in [3.8, 4) is 0 Å². The van der Waals surface area contributed by atoms with Gasteiger partial charge in [0.25, 0.3) is 0 Å². The van der Waals surface area contributed by atoms with Gasteiger partial charge < -0.3 is 10.4 Å². The van der Waals surface area contributed by atoms with Crippen LogP contribution < -0.4 is 5.32 Å². The molecule has 0 aromatic heterocycles. The summed E-state index contributed by atoms with van der Waals surface area (Å²) in [4.78, 5) is 0. The molecule has 2 atom stereocenters. The number of rotatable bonds is 7. The van der Waals surface area contributed by atoms with E-state index in [9.17, 15) is 5.11 Å². The van der Waals surface area contributed by atoms with E-state index in [1.807, 2.05) is 19.9 Å². The maximum Gasteiger partial charge on any atom is 0.0741 e. The molecule has 0 fully saturated rings. The average molecular weight is 249 g/mol. The van der Waals surface area contributed by atoms with E-state index in [-0.39, 0.29) is 0 Å². The summed E-state index contributed by atoms with van der Waals surface area (Å²) in [7, 11) is 0. The molecule has 0 saturated carbocycles. The molecule has 1 aromatic carbocycles. The Kier molecular flexibility index (Phi) is 5.83. The summed E-state index contributed by atoms with van der Waals surface area (Å²) in [5.74, 6) is 0.634. The lowest BCUT2D eigenvalue weighted by Gasteiger charge is -2.27. The minimum absolute atomic E-state index is 0.323. The van der Waals surface area contributed by atoms with Gasteiger partial charge in [0.15, 0.2) is 0 Å². The van der Waals surface area contributed by atoms with Crippen molar-refractivity contribution in [2.45, 2.75) is 52.2 Å². The van der Waals surface area contributed by atoms with E-state index in [1.54, 1.807) is 0 Å².